The smallest absolute Gasteiger partial charge is 0.306 e. The van der Waals surface area contributed by atoms with Crippen LogP contribution in [0.2, 0.25) is 0 Å². The second-order valence-electron chi connectivity index (χ2n) is 4.76. The molecule has 0 heterocycles. The summed E-state index contributed by atoms with van der Waals surface area (Å²) in [5, 5.41) is 28.5. The lowest BCUT2D eigenvalue weighted by molar-refractivity contribution is -0.162. The molecular weight excluding hydrogens is 240 g/mol. The van der Waals surface area contributed by atoms with E-state index < -0.39 is 30.4 Å². The van der Waals surface area contributed by atoms with Crippen molar-refractivity contribution in [1.82, 2.24) is 0 Å². The molecule has 1 aliphatic rings. The molecule has 0 saturated heterocycles. The highest BCUT2D eigenvalue weighted by atomic mass is 16.6. The van der Waals surface area contributed by atoms with Gasteiger partial charge in [0.2, 0.25) is 0 Å². The molecule has 102 valence electrons. The van der Waals surface area contributed by atoms with Gasteiger partial charge in [-0.3, -0.25) is 9.59 Å². The molecular formula is C12H18O6. The number of aldehydes is 1. The van der Waals surface area contributed by atoms with E-state index in [1.165, 1.54) is 0 Å². The second kappa shape index (κ2) is 6.08. The van der Waals surface area contributed by atoms with Crippen molar-refractivity contribution >= 4 is 12.3 Å². The van der Waals surface area contributed by atoms with Crippen LogP contribution >= 0.6 is 0 Å². The van der Waals surface area contributed by atoms with Gasteiger partial charge in [0.05, 0.1) is 0 Å². The molecule has 0 fully saturated rings. The summed E-state index contributed by atoms with van der Waals surface area (Å²) in [4.78, 5) is 22.3. The van der Waals surface area contributed by atoms with Crippen LogP contribution in [0.15, 0.2) is 11.6 Å². The van der Waals surface area contributed by atoms with Crippen molar-refractivity contribution in [2.75, 3.05) is 0 Å². The van der Waals surface area contributed by atoms with Crippen LogP contribution in [0.1, 0.15) is 20.3 Å². The van der Waals surface area contributed by atoms with Gasteiger partial charge in [-0.15, -0.1) is 0 Å². The molecule has 3 N–H and O–H groups in total. The number of carbonyl (C=O) groups is 2. The first-order valence-corrected chi connectivity index (χ1v) is 5.77. The van der Waals surface area contributed by atoms with Crippen molar-refractivity contribution < 1.29 is 29.6 Å². The van der Waals surface area contributed by atoms with Crippen LogP contribution in [0.4, 0.5) is 0 Å². The Labute approximate surface area is 105 Å². The highest BCUT2D eigenvalue weighted by Gasteiger charge is 2.39. The molecule has 0 spiro atoms. The van der Waals surface area contributed by atoms with Crippen molar-refractivity contribution in [2.45, 2.75) is 44.7 Å². The highest BCUT2D eigenvalue weighted by molar-refractivity contribution is 5.78. The molecule has 1 aliphatic carbocycles. The minimum atomic E-state index is -1.51. The van der Waals surface area contributed by atoms with Crippen molar-refractivity contribution in [3.63, 3.8) is 0 Å². The van der Waals surface area contributed by atoms with Crippen LogP contribution in [-0.2, 0) is 14.3 Å². The Morgan fingerprint density at radius 1 is 1.39 bits per heavy atom. The normalized spacial score (nSPS) is 32.0. The Hall–Kier alpha value is -1.24. The number of hydrogen-bond donors (Lipinski definition) is 3. The van der Waals surface area contributed by atoms with E-state index in [2.05, 4.69) is 0 Å². The van der Waals surface area contributed by atoms with Crippen LogP contribution in [0, 0.1) is 5.92 Å². The first-order chi connectivity index (χ1) is 8.36. The predicted octanol–water partition coefficient (Wildman–Crippen LogP) is -0.834. The lowest BCUT2D eigenvalue weighted by atomic mass is 9.90. The van der Waals surface area contributed by atoms with Gasteiger partial charge >= 0.3 is 5.97 Å². The SMILES string of the molecule is CC(C)CC(=O)OC1C(C=O)=CC(O)C(O)C1O. The summed E-state index contributed by atoms with van der Waals surface area (Å²) >= 11 is 0. The molecule has 0 saturated carbocycles. The van der Waals surface area contributed by atoms with E-state index in [0.29, 0.717) is 6.29 Å². The molecule has 0 bridgehead atoms. The maximum absolute atomic E-state index is 11.5. The van der Waals surface area contributed by atoms with Gasteiger partial charge in [0.15, 0.2) is 6.10 Å². The van der Waals surface area contributed by atoms with Crippen LogP contribution in [-0.4, -0.2) is 52.0 Å². The highest BCUT2D eigenvalue weighted by Crippen LogP contribution is 2.22. The number of ether oxygens (including phenoxy) is 1. The Kier molecular flexibility index (Phi) is 5.01. The van der Waals surface area contributed by atoms with Crippen molar-refractivity contribution in [1.29, 1.82) is 0 Å². The Balaban J connectivity index is 2.81. The van der Waals surface area contributed by atoms with E-state index in [4.69, 9.17) is 4.74 Å². The quantitative estimate of drug-likeness (QED) is 0.449. The van der Waals surface area contributed by atoms with E-state index in [9.17, 15) is 24.9 Å². The van der Waals surface area contributed by atoms with Gasteiger partial charge in [0.1, 0.15) is 24.6 Å². The largest absolute Gasteiger partial charge is 0.454 e. The third-order valence-corrected chi connectivity index (χ3v) is 2.67. The van der Waals surface area contributed by atoms with Gasteiger partial charge in [-0.05, 0) is 12.0 Å². The Bertz CT molecular complexity index is 348. The molecule has 6 nitrogen and oxygen atoms in total. The third-order valence-electron chi connectivity index (χ3n) is 2.67. The standard InChI is InChI=1S/C12H18O6/c1-6(2)3-9(15)18-12-7(5-13)4-8(14)10(16)11(12)17/h4-6,8,10-12,14,16-17H,3H2,1-2H3. The molecule has 0 aromatic rings. The average molecular weight is 258 g/mol. The number of carbonyl (C=O) groups excluding carboxylic acids is 2. The number of hydrogen-bond acceptors (Lipinski definition) is 6. The summed E-state index contributed by atoms with van der Waals surface area (Å²) in [7, 11) is 0. The fourth-order valence-electron chi connectivity index (χ4n) is 1.74. The molecule has 4 unspecified atom stereocenters. The summed E-state index contributed by atoms with van der Waals surface area (Å²) in [6.07, 6.45) is -3.95. The maximum Gasteiger partial charge on any atom is 0.306 e. The van der Waals surface area contributed by atoms with Gasteiger partial charge in [0.25, 0.3) is 0 Å². The predicted molar refractivity (Wildman–Crippen MR) is 61.5 cm³/mol. The summed E-state index contributed by atoms with van der Waals surface area (Å²) in [6, 6.07) is 0. The zero-order valence-corrected chi connectivity index (χ0v) is 10.3. The van der Waals surface area contributed by atoms with E-state index >= 15 is 0 Å². The Morgan fingerprint density at radius 3 is 2.50 bits per heavy atom. The molecule has 6 heteroatoms. The molecule has 0 aromatic heterocycles. The van der Waals surface area contributed by atoms with Crippen molar-refractivity contribution in [3.05, 3.63) is 11.6 Å². The van der Waals surface area contributed by atoms with Gasteiger partial charge in [-0.25, -0.2) is 0 Å². The summed E-state index contributed by atoms with van der Waals surface area (Å²) in [6.45, 7) is 3.65. The van der Waals surface area contributed by atoms with Gasteiger partial charge < -0.3 is 20.1 Å². The lowest BCUT2D eigenvalue weighted by Gasteiger charge is -2.33. The van der Waals surface area contributed by atoms with Crippen molar-refractivity contribution in [3.8, 4) is 0 Å². The average Bonchev–Trinajstić information content (AvgIpc) is 2.28. The second-order valence-corrected chi connectivity index (χ2v) is 4.76. The van der Waals surface area contributed by atoms with Crippen LogP contribution in [0.3, 0.4) is 0 Å². The number of rotatable bonds is 4. The molecule has 0 radical (unpaired) electrons. The summed E-state index contributed by atoms with van der Waals surface area (Å²) in [5.41, 5.74) is -0.0441. The molecule has 1 rings (SSSR count). The van der Waals surface area contributed by atoms with Gasteiger partial charge in [-0.1, -0.05) is 13.8 Å². The molecule has 18 heavy (non-hydrogen) atoms. The fraction of sp³-hybridized carbons (Fsp3) is 0.667. The zero-order chi connectivity index (χ0) is 13.9. The number of aliphatic hydroxyl groups excluding tert-OH is 3. The minimum Gasteiger partial charge on any atom is -0.454 e. The van der Waals surface area contributed by atoms with E-state index in [-0.39, 0.29) is 17.9 Å². The first-order valence-electron chi connectivity index (χ1n) is 5.77. The summed E-state index contributed by atoms with van der Waals surface area (Å²) < 4.78 is 4.98. The maximum atomic E-state index is 11.5. The van der Waals surface area contributed by atoms with E-state index in [1.807, 2.05) is 13.8 Å². The molecule has 0 aliphatic heterocycles. The first kappa shape index (κ1) is 14.8. The lowest BCUT2D eigenvalue weighted by Crippen LogP contribution is -2.50. The van der Waals surface area contributed by atoms with Gasteiger partial charge in [-0.2, -0.15) is 0 Å². The van der Waals surface area contributed by atoms with Crippen LogP contribution < -0.4 is 0 Å². The zero-order valence-electron chi connectivity index (χ0n) is 10.3. The van der Waals surface area contributed by atoms with E-state index in [1.54, 1.807) is 0 Å². The Morgan fingerprint density at radius 2 is 2.00 bits per heavy atom. The molecule has 4 atom stereocenters. The molecule has 0 amide bonds. The minimum absolute atomic E-state index is 0.0441. The third kappa shape index (κ3) is 3.38. The number of esters is 1. The van der Waals surface area contributed by atoms with Crippen LogP contribution in [0.5, 0.6) is 0 Å². The topological polar surface area (TPSA) is 104 Å². The molecule has 0 aromatic carbocycles. The number of aliphatic hydroxyl groups is 3. The summed E-state index contributed by atoms with van der Waals surface area (Å²) in [5.74, 6) is -0.484. The van der Waals surface area contributed by atoms with Gasteiger partial charge in [0, 0.05) is 12.0 Å². The van der Waals surface area contributed by atoms with E-state index in [0.717, 1.165) is 6.08 Å². The van der Waals surface area contributed by atoms with Crippen molar-refractivity contribution in [2.24, 2.45) is 5.92 Å². The fourth-order valence-corrected chi connectivity index (χ4v) is 1.74. The monoisotopic (exact) mass is 258 g/mol. The van der Waals surface area contributed by atoms with Crippen LogP contribution in [0.25, 0.3) is 0 Å².